The number of amides is 2. The summed E-state index contributed by atoms with van der Waals surface area (Å²) in [6.45, 7) is 3.79. The minimum absolute atomic E-state index is 0.0439. The first-order valence-electron chi connectivity index (χ1n) is 7.17. The van der Waals surface area contributed by atoms with Gasteiger partial charge in [-0.2, -0.15) is 0 Å². The summed E-state index contributed by atoms with van der Waals surface area (Å²) in [7, 11) is 1.70. The minimum Gasteiger partial charge on any atom is -0.459 e. The van der Waals surface area contributed by atoms with Crippen LogP contribution in [0, 0.1) is 5.92 Å². The van der Waals surface area contributed by atoms with E-state index in [1.54, 1.807) is 24.1 Å². The van der Waals surface area contributed by atoms with Crippen molar-refractivity contribution in [2.45, 2.75) is 19.9 Å². The maximum Gasteiger partial charge on any atom is 0.287 e. The van der Waals surface area contributed by atoms with E-state index in [0.29, 0.717) is 0 Å². The number of anilines is 1. The molecule has 0 bridgehead atoms. The van der Waals surface area contributed by atoms with Gasteiger partial charge in [0.1, 0.15) is 6.04 Å². The van der Waals surface area contributed by atoms with E-state index < -0.39 is 11.9 Å². The third kappa shape index (κ3) is 3.55. The summed E-state index contributed by atoms with van der Waals surface area (Å²) < 4.78 is 5.06. The first-order valence-corrected chi connectivity index (χ1v) is 7.17. The van der Waals surface area contributed by atoms with Crippen LogP contribution >= 0.6 is 0 Å². The molecule has 1 aromatic carbocycles. The van der Waals surface area contributed by atoms with E-state index in [1.165, 1.54) is 6.26 Å². The molecule has 0 aliphatic heterocycles. The van der Waals surface area contributed by atoms with Gasteiger partial charge in [0.2, 0.25) is 5.91 Å². The van der Waals surface area contributed by atoms with Crippen molar-refractivity contribution in [2.24, 2.45) is 5.92 Å². The first-order chi connectivity index (χ1) is 10.5. The molecule has 22 heavy (non-hydrogen) atoms. The molecule has 0 spiro atoms. The number of carbonyl (C=O) groups is 2. The standard InChI is InChI=1S/C17H20N2O3/c1-12(2)15(18-16(20)14-10-7-11-22-14)17(21)19(3)13-8-5-4-6-9-13/h4-12,15H,1-3H3,(H,18,20). The lowest BCUT2D eigenvalue weighted by Crippen LogP contribution is -2.50. The molecule has 2 rings (SSSR count). The van der Waals surface area contributed by atoms with Gasteiger partial charge in [-0.25, -0.2) is 0 Å². The summed E-state index contributed by atoms with van der Waals surface area (Å²) in [5.41, 5.74) is 0.783. The van der Waals surface area contributed by atoms with Gasteiger partial charge in [-0.1, -0.05) is 32.0 Å². The van der Waals surface area contributed by atoms with Crippen molar-refractivity contribution in [1.29, 1.82) is 0 Å². The number of para-hydroxylation sites is 1. The van der Waals surface area contributed by atoms with Crippen molar-refractivity contribution in [3.05, 3.63) is 54.5 Å². The summed E-state index contributed by atoms with van der Waals surface area (Å²) in [4.78, 5) is 26.3. The highest BCUT2D eigenvalue weighted by molar-refractivity contribution is 6.01. The van der Waals surface area contributed by atoms with Gasteiger partial charge in [0, 0.05) is 12.7 Å². The average molecular weight is 300 g/mol. The molecule has 0 fully saturated rings. The van der Waals surface area contributed by atoms with E-state index in [9.17, 15) is 9.59 Å². The maximum absolute atomic E-state index is 12.7. The van der Waals surface area contributed by atoms with Crippen LogP contribution < -0.4 is 10.2 Å². The molecule has 1 atom stereocenters. The molecule has 1 unspecified atom stereocenters. The van der Waals surface area contributed by atoms with Crippen LogP contribution in [-0.4, -0.2) is 24.9 Å². The van der Waals surface area contributed by atoms with Crippen molar-refractivity contribution >= 4 is 17.5 Å². The molecule has 5 nitrogen and oxygen atoms in total. The van der Waals surface area contributed by atoms with Gasteiger partial charge in [-0.3, -0.25) is 9.59 Å². The lowest BCUT2D eigenvalue weighted by atomic mass is 10.0. The van der Waals surface area contributed by atoms with Gasteiger partial charge in [0.25, 0.3) is 5.91 Å². The number of likely N-dealkylation sites (N-methyl/N-ethyl adjacent to an activating group) is 1. The van der Waals surface area contributed by atoms with Crippen LogP contribution in [0.25, 0.3) is 0 Å². The van der Waals surface area contributed by atoms with E-state index in [2.05, 4.69) is 5.32 Å². The van der Waals surface area contributed by atoms with Gasteiger partial charge < -0.3 is 14.6 Å². The van der Waals surface area contributed by atoms with Crippen molar-refractivity contribution in [1.82, 2.24) is 5.32 Å². The quantitative estimate of drug-likeness (QED) is 0.923. The maximum atomic E-state index is 12.7. The number of rotatable bonds is 5. The van der Waals surface area contributed by atoms with E-state index in [-0.39, 0.29) is 17.6 Å². The Morgan fingerprint density at radius 3 is 2.32 bits per heavy atom. The lowest BCUT2D eigenvalue weighted by molar-refractivity contribution is -0.121. The monoisotopic (exact) mass is 300 g/mol. The van der Waals surface area contributed by atoms with Crippen molar-refractivity contribution in [2.75, 3.05) is 11.9 Å². The third-order valence-electron chi connectivity index (χ3n) is 3.44. The molecule has 1 heterocycles. The fourth-order valence-corrected chi connectivity index (χ4v) is 2.12. The van der Waals surface area contributed by atoms with E-state index >= 15 is 0 Å². The summed E-state index contributed by atoms with van der Waals surface area (Å²) in [5, 5.41) is 2.75. The van der Waals surface area contributed by atoms with Crippen molar-refractivity contribution in [3.63, 3.8) is 0 Å². The second kappa shape index (κ2) is 6.93. The molecular formula is C17H20N2O3. The third-order valence-corrected chi connectivity index (χ3v) is 3.44. The summed E-state index contributed by atoms with van der Waals surface area (Å²) >= 11 is 0. The Balaban J connectivity index is 2.14. The zero-order valence-electron chi connectivity index (χ0n) is 12.9. The number of carbonyl (C=O) groups excluding carboxylic acids is 2. The largest absolute Gasteiger partial charge is 0.459 e. The molecule has 0 saturated heterocycles. The fourth-order valence-electron chi connectivity index (χ4n) is 2.12. The van der Waals surface area contributed by atoms with Crippen LogP contribution in [0.15, 0.2) is 53.1 Å². The van der Waals surface area contributed by atoms with Gasteiger partial charge in [-0.05, 0) is 30.2 Å². The molecule has 0 saturated carbocycles. The van der Waals surface area contributed by atoms with Gasteiger partial charge in [-0.15, -0.1) is 0 Å². The number of hydrogen-bond acceptors (Lipinski definition) is 3. The number of benzene rings is 1. The van der Waals surface area contributed by atoms with Gasteiger partial charge in [0.15, 0.2) is 5.76 Å². The van der Waals surface area contributed by atoms with Crippen molar-refractivity contribution in [3.8, 4) is 0 Å². The highest BCUT2D eigenvalue weighted by Gasteiger charge is 2.28. The topological polar surface area (TPSA) is 62.6 Å². The fraction of sp³-hybridized carbons (Fsp3) is 0.294. The molecular weight excluding hydrogens is 280 g/mol. The minimum atomic E-state index is -0.622. The van der Waals surface area contributed by atoms with Crippen LogP contribution in [0.3, 0.4) is 0 Å². The highest BCUT2D eigenvalue weighted by atomic mass is 16.3. The molecule has 1 N–H and O–H groups in total. The van der Waals surface area contributed by atoms with Gasteiger partial charge >= 0.3 is 0 Å². The predicted octanol–water partition coefficient (Wildman–Crippen LogP) is 2.70. The zero-order valence-corrected chi connectivity index (χ0v) is 12.9. The smallest absolute Gasteiger partial charge is 0.287 e. The second-order valence-electron chi connectivity index (χ2n) is 5.41. The van der Waals surface area contributed by atoms with Crippen LogP contribution in [-0.2, 0) is 4.79 Å². The zero-order chi connectivity index (χ0) is 16.1. The number of nitrogens with zero attached hydrogens (tertiary/aromatic N) is 1. The average Bonchev–Trinajstić information content (AvgIpc) is 3.06. The Hall–Kier alpha value is -2.56. The van der Waals surface area contributed by atoms with E-state index in [0.717, 1.165) is 5.69 Å². The number of furan rings is 1. The molecule has 0 aliphatic carbocycles. The molecule has 0 aliphatic rings. The van der Waals surface area contributed by atoms with Crippen molar-refractivity contribution < 1.29 is 14.0 Å². The number of nitrogens with one attached hydrogen (secondary N) is 1. The molecule has 2 aromatic rings. The Bertz CT molecular complexity index is 621. The molecule has 0 radical (unpaired) electrons. The van der Waals surface area contributed by atoms with Crippen LogP contribution in [0.1, 0.15) is 24.4 Å². The molecule has 1 aromatic heterocycles. The van der Waals surface area contributed by atoms with E-state index in [1.807, 2.05) is 44.2 Å². The number of hydrogen-bond donors (Lipinski definition) is 1. The van der Waals surface area contributed by atoms with Crippen LogP contribution in [0.5, 0.6) is 0 Å². The van der Waals surface area contributed by atoms with Crippen LogP contribution in [0.2, 0.25) is 0 Å². The summed E-state index contributed by atoms with van der Waals surface area (Å²) in [6, 6.07) is 11.9. The van der Waals surface area contributed by atoms with E-state index in [4.69, 9.17) is 4.42 Å². The highest BCUT2D eigenvalue weighted by Crippen LogP contribution is 2.15. The first kappa shape index (κ1) is 15.8. The summed E-state index contributed by atoms with van der Waals surface area (Å²) in [6.07, 6.45) is 1.43. The SMILES string of the molecule is CC(C)C(NC(=O)c1ccco1)C(=O)N(C)c1ccccc1. The lowest BCUT2D eigenvalue weighted by Gasteiger charge is -2.26. The van der Waals surface area contributed by atoms with Crippen LogP contribution in [0.4, 0.5) is 5.69 Å². The Kier molecular flexibility index (Phi) is 4.99. The normalized spacial score (nSPS) is 12.0. The van der Waals surface area contributed by atoms with Gasteiger partial charge in [0.05, 0.1) is 6.26 Å². The Morgan fingerprint density at radius 2 is 1.77 bits per heavy atom. The molecule has 5 heteroatoms. The predicted molar refractivity (Wildman–Crippen MR) is 84.7 cm³/mol. The molecule has 2 amide bonds. The second-order valence-corrected chi connectivity index (χ2v) is 5.41. The Labute approximate surface area is 129 Å². The Morgan fingerprint density at radius 1 is 1.09 bits per heavy atom. The summed E-state index contributed by atoms with van der Waals surface area (Å²) in [5.74, 6) is -0.405. The molecule has 116 valence electrons.